The number of hydrogen-bond donors (Lipinski definition) is 1. The van der Waals surface area contributed by atoms with E-state index in [1.807, 2.05) is 0 Å². The molecule has 0 radical (unpaired) electrons. The molecule has 0 saturated carbocycles. The summed E-state index contributed by atoms with van der Waals surface area (Å²) in [6, 6.07) is 4.28. The Bertz CT molecular complexity index is 446. The van der Waals surface area contributed by atoms with Crippen LogP contribution in [-0.4, -0.2) is 29.8 Å². The Morgan fingerprint density at radius 1 is 1.41 bits per heavy atom. The van der Waals surface area contributed by atoms with Crippen LogP contribution in [0.15, 0.2) is 18.2 Å². The molecule has 0 spiro atoms. The summed E-state index contributed by atoms with van der Waals surface area (Å²) in [7, 11) is 0. The summed E-state index contributed by atoms with van der Waals surface area (Å²) in [6.07, 6.45) is 0. The number of carbonyl (C=O) groups excluding carboxylic acids is 2. The van der Waals surface area contributed by atoms with Crippen molar-refractivity contribution in [1.29, 1.82) is 0 Å². The third kappa shape index (κ3) is 3.27. The molecule has 0 aliphatic rings. The predicted molar refractivity (Wildman–Crippen MR) is 61.9 cm³/mol. The van der Waals surface area contributed by atoms with Gasteiger partial charge in [-0.05, 0) is 26.0 Å². The molecular formula is C12H15FN2O2. The fourth-order valence-corrected chi connectivity index (χ4v) is 1.49. The van der Waals surface area contributed by atoms with Crippen molar-refractivity contribution in [3.63, 3.8) is 0 Å². The van der Waals surface area contributed by atoms with Crippen LogP contribution in [0.1, 0.15) is 22.8 Å². The first-order chi connectivity index (χ1) is 7.95. The zero-order valence-electron chi connectivity index (χ0n) is 9.87. The van der Waals surface area contributed by atoms with E-state index in [1.54, 1.807) is 19.9 Å². The second-order valence-electron chi connectivity index (χ2n) is 3.77. The topological polar surface area (TPSA) is 63.4 Å². The van der Waals surface area contributed by atoms with E-state index in [-0.39, 0.29) is 12.1 Å². The van der Waals surface area contributed by atoms with Crippen LogP contribution >= 0.6 is 0 Å². The number of benzene rings is 1. The summed E-state index contributed by atoms with van der Waals surface area (Å²) in [5.41, 5.74) is 5.77. The predicted octanol–water partition coefficient (Wildman–Crippen LogP) is 1.08. The first kappa shape index (κ1) is 13.2. The maximum atomic E-state index is 13.5. The van der Waals surface area contributed by atoms with Crippen LogP contribution in [0.25, 0.3) is 0 Å². The van der Waals surface area contributed by atoms with Crippen molar-refractivity contribution in [2.45, 2.75) is 13.8 Å². The number of halogens is 1. The van der Waals surface area contributed by atoms with E-state index < -0.39 is 17.6 Å². The molecule has 0 aliphatic heterocycles. The Kier molecular flexibility index (Phi) is 4.20. The number of rotatable bonds is 4. The first-order valence-electron chi connectivity index (χ1n) is 5.29. The summed E-state index contributed by atoms with van der Waals surface area (Å²) >= 11 is 0. The maximum Gasteiger partial charge on any atom is 0.257 e. The minimum Gasteiger partial charge on any atom is -0.368 e. The van der Waals surface area contributed by atoms with Gasteiger partial charge in [0.1, 0.15) is 5.82 Å². The Morgan fingerprint density at radius 3 is 2.59 bits per heavy atom. The summed E-state index contributed by atoms with van der Waals surface area (Å²) in [5.74, 6) is -1.73. The zero-order valence-corrected chi connectivity index (χ0v) is 9.87. The summed E-state index contributed by atoms with van der Waals surface area (Å²) in [4.78, 5) is 24.0. The van der Waals surface area contributed by atoms with Crippen LogP contribution in [0.5, 0.6) is 0 Å². The van der Waals surface area contributed by atoms with Crippen molar-refractivity contribution in [3.8, 4) is 0 Å². The number of primary amides is 1. The molecule has 0 unspecified atom stereocenters. The molecule has 1 aromatic carbocycles. The van der Waals surface area contributed by atoms with Gasteiger partial charge in [-0.15, -0.1) is 0 Å². The highest BCUT2D eigenvalue weighted by atomic mass is 19.1. The van der Waals surface area contributed by atoms with E-state index in [9.17, 15) is 14.0 Å². The normalized spacial score (nSPS) is 10.1. The van der Waals surface area contributed by atoms with Gasteiger partial charge in [-0.25, -0.2) is 4.39 Å². The smallest absolute Gasteiger partial charge is 0.257 e. The van der Waals surface area contributed by atoms with Crippen molar-refractivity contribution in [1.82, 2.24) is 4.90 Å². The van der Waals surface area contributed by atoms with Crippen LogP contribution < -0.4 is 5.73 Å². The van der Waals surface area contributed by atoms with Gasteiger partial charge in [0.05, 0.1) is 12.1 Å². The third-order valence-corrected chi connectivity index (χ3v) is 2.37. The van der Waals surface area contributed by atoms with Gasteiger partial charge in [0.2, 0.25) is 5.91 Å². The van der Waals surface area contributed by atoms with E-state index in [1.165, 1.54) is 17.0 Å². The number of nitrogens with zero attached hydrogens (tertiary/aromatic N) is 1. The zero-order chi connectivity index (χ0) is 13.0. The van der Waals surface area contributed by atoms with Gasteiger partial charge in [0.15, 0.2) is 0 Å². The lowest BCUT2D eigenvalue weighted by molar-refractivity contribution is -0.118. The molecule has 2 N–H and O–H groups in total. The van der Waals surface area contributed by atoms with Crippen molar-refractivity contribution in [2.75, 3.05) is 13.1 Å². The largest absolute Gasteiger partial charge is 0.368 e. The summed E-state index contributed by atoms with van der Waals surface area (Å²) in [5, 5.41) is 0. The number of hydrogen-bond acceptors (Lipinski definition) is 2. The molecule has 4 nitrogen and oxygen atoms in total. The minimum atomic E-state index is -0.617. The molecule has 0 fully saturated rings. The minimum absolute atomic E-state index is 0.0342. The van der Waals surface area contributed by atoms with Crippen molar-refractivity contribution in [2.24, 2.45) is 5.73 Å². The van der Waals surface area contributed by atoms with Crippen LogP contribution in [-0.2, 0) is 4.79 Å². The number of carbonyl (C=O) groups is 2. The SMILES string of the molecule is CCN(CC(N)=O)C(=O)c1cc(C)ccc1F. The molecule has 0 aliphatic carbocycles. The third-order valence-electron chi connectivity index (χ3n) is 2.37. The van der Waals surface area contributed by atoms with Gasteiger partial charge < -0.3 is 10.6 Å². The Labute approximate surface area is 99.2 Å². The fourth-order valence-electron chi connectivity index (χ4n) is 1.49. The van der Waals surface area contributed by atoms with Crippen molar-refractivity contribution < 1.29 is 14.0 Å². The van der Waals surface area contributed by atoms with E-state index in [0.29, 0.717) is 6.54 Å². The van der Waals surface area contributed by atoms with Gasteiger partial charge in [0, 0.05) is 6.54 Å². The number of amides is 2. The lowest BCUT2D eigenvalue weighted by atomic mass is 10.1. The van der Waals surface area contributed by atoms with Crippen LogP contribution in [0.4, 0.5) is 4.39 Å². The average Bonchev–Trinajstić information content (AvgIpc) is 2.28. The Morgan fingerprint density at radius 2 is 2.06 bits per heavy atom. The quantitative estimate of drug-likeness (QED) is 0.853. The molecule has 17 heavy (non-hydrogen) atoms. The van der Waals surface area contributed by atoms with Gasteiger partial charge >= 0.3 is 0 Å². The molecule has 0 aromatic heterocycles. The standard InChI is InChI=1S/C12H15FN2O2/c1-3-15(7-11(14)16)12(17)9-6-8(2)4-5-10(9)13/h4-6H,3,7H2,1-2H3,(H2,14,16). The summed E-state index contributed by atoms with van der Waals surface area (Å²) < 4.78 is 13.5. The number of nitrogens with two attached hydrogens (primary N) is 1. The van der Waals surface area contributed by atoms with Crippen molar-refractivity contribution in [3.05, 3.63) is 35.1 Å². The Hall–Kier alpha value is -1.91. The molecule has 0 bridgehead atoms. The molecule has 92 valence electrons. The van der Waals surface area contributed by atoms with Gasteiger partial charge in [-0.3, -0.25) is 9.59 Å². The van der Waals surface area contributed by atoms with E-state index in [4.69, 9.17) is 5.73 Å². The molecule has 1 aromatic rings. The van der Waals surface area contributed by atoms with Crippen molar-refractivity contribution >= 4 is 11.8 Å². The highest BCUT2D eigenvalue weighted by molar-refractivity contribution is 5.96. The average molecular weight is 238 g/mol. The number of aryl methyl sites for hydroxylation is 1. The van der Waals surface area contributed by atoms with Crippen LogP contribution in [0, 0.1) is 12.7 Å². The van der Waals surface area contributed by atoms with Crippen LogP contribution in [0.2, 0.25) is 0 Å². The highest BCUT2D eigenvalue weighted by Crippen LogP contribution is 2.12. The monoisotopic (exact) mass is 238 g/mol. The van der Waals surface area contributed by atoms with E-state index >= 15 is 0 Å². The molecule has 0 atom stereocenters. The van der Waals surface area contributed by atoms with E-state index in [2.05, 4.69) is 0 Å². The molecule has 1 rings (SSSR count). The molecular weight excluding hydrogens is 223 g/mol. The maximum absolute atomic E-state index is 13.5. The second kappa shape index (κ2) is 5.43. The first-order valence-corrected chi connectivity index (χ1v) is 5.29. The molecule has 0 saturated heterocycles. The lowest BCUT2D eigenvalue weighted by Crippen LogP contribution is -2.38. The molecule has 2 amide bonds. The van der Waals surface area contributed by atoms with Gasteiger partial charge in [0.25, 0.3) is 5.91 Å². The number of likely N-dealkylation sites (N-methyl/N-ethyl adjacent to an activating group) is 1. The van der Waals surface area contributed by atoms with Gasteiger partial charge in [-0.2, -0.15) is 0 Å². The van der Waals surface area contributed by atoms with E-state index in [0.717, 1.165) is 5.56 Å². The van der Waals surface area contributed by atoms with Gasteiger partial charge in [-0.1, -0.05) is 11.6 Å². The second-order valence-corrected chi connectivity index (χ2v) is 3.77. The molecule has 5 heteroatoms. The van der Waals surface area contributed by atoms with Crippen LogP contribution in [0.3, 0.4) is 0 Å². The Balaban J connectivity index is 3.01. The highest BCUT2D eigenvalue weighted by Gasteiger charge is 2.19. The lowest BCUT2D eigenvalue weighted by Gasteiger charge is -2.19. The summed E-state index contributed by atoms with van der Waals surface area (Å²) in [6.45, 7) is 3.56. The molecule has 0 heterocycles. The fraction of sp³-hybridized carbons (Fsp3) is 0.333.